The van der Waals surface area contributed by atoms with Crippen LogP contribution in [0.5, 0.6) is 11.5 Å². The van der Waals surface area contributed by atoms with Gasteiger partial charge in [0, 0.05) is 3.57 Å². The van der Waals surface area contributed by atoms with E-state index >= 15 is 0 Å². The molecule has 0 aliphatic carbocycles. The number of thioether (sulfide) groups is 1. The van der Waals surface area contributed by atoms with Gasteiger partial charge in [-0.1, -0.05) is 18.2 Å². The minimum absolute atomic E-state index is 0.152. The van der Waals surface area contributed by atoms with Crippen LogP contribution in [0.2, 0.25) is 0 Å². The highest BCUT2D eigenvalue weighted by Gasteiger charge is 2.36. The molecule has 1 saturated heterocycles. The zero-order valence-electron chi connectivity index (χ0n) is 16.4. The van der Waals surface area contributed by atoms with Crippen molar-refractivity contribution in [2.24, 2.45) is 0 Å². The van der Waals surface area contributed by atoms with Gasteiger partial charge in [-0.2, -0.15) is 0 Å². The molecule has 1 heterocycles. The molecule has 0 aromatic heterocycles. The van der Waals surface area contributed by atoms with Crippen LogP contribution in [0.25, 0.3) is 6.08 Å². The van der Waals surface area contributed by atoms with E-state index in [1.165, 1.54) is 26.4 Å². The number of amides is 2. The van der Waals surface area contributed by atoms with Crippen LogP contribution in [0, 0.1) is 3.57 Å². The van der Waals surface area contributed by atoms with Crippen LogP contribution in [0.4, 0.5) is 4.79 Å². The first-order valence-electron chi connectivity index (χ1n) is 8.81. The van der Waals surface area contributed by atoms with Crippen molar-refractivity contribution in [3.05, 3.63) is 62.1 Å². The molecule has 0 bridgehead atoms. The van der Waals surface area contributed by atoms with Gasteiger partial charge in [-0.25, -0.2) is 4.79 Å². The molecule has 2 aromatic rings. The molecular weight excluding hydrogens is 537 g/mol. The Labute approximate surface area is 195 Å². The summed E-state index contributed by atoms with van der Waals surface area (Å²) >= 11 is 2.77. The Kier molecular flexibility index (Phi) is 7.33. The number of rotatable bonds is 6. The van der Waals surface area contributed by atoms with Gasteiger partial charge >= 0.3 is 11.9 Å². The fourth-order valence-electron chi connectivity index (χ4n) is 2.62. The third kappa shape index (κ3) is 5.25. The lowest BCUT2D eigenvalue weighted by Crippen LogP contribution is -2.34. The second-order valence-electron chi connectivity index (χ2n) is 6.12. The standard InChI is InChI=1S/C21H16INO7S/c1-28-16-9-12(10-17-19(25)23(21(27)31-17)11-18(24)29-2)7-8-15(16)30-20(26)13-5-3-4-6-14(13)22/h3-10H,11H2,1-2H3/b17-10-. The number of methoxy groups -OCH3 is 2. The Bertz CT molecular complexity index is 1100. The minimum Gasteiger partial charge on any atom is -0.493 e. The van der Waals surface area contributed by atoms with E-state index in [-0.39, 0.29) is 16.4 Å². The number of esters is 2. The Morgan fingerprint density at radius 2 is 1.84 bits per heavy atom. The number of carbonyl (C=O) groups is 4. The molecule has 160 valence electrons. The summed E-state index contributed by atoms with van der Waals surface area (Å²) < 4.78 is 16.0. The van der Waals surface area contributed by atoms with E-state index in [0.29, 0.717) is 11.1 Å². The van der Waals surface area contributed by atoms with E-state index < -0.39 is 29.6 Å². The number of hydrogen-bond donors (Lipinski definition) is 0. The summed E-state index contributed by atoms with van der Waals surface area (Å²) in [4.78, 5) is 49.3. The van der Waals surface area contributed by atoms with Crippen molar-refractivity contribution in [2.45, 2.75) is 0 Å². The lowest BCUT2D eigenvalue weighted by molar-refractivity contribution is -0.143. The van der Waals surface area contributed by atoms with Crippen molar-refractivity contribution in [1.82, 2.24) is 4.90 Å². The van der Waals surface area contributed by atoms with E-state index in [4.69, 9.17) is 9.47 Å². The number of benzene rings is 2. The quantitative estimate of drug-likeness (QED) is 0.231. The molecule has 2 amide bonds. The van der Waals surface area contributed by atoms with Crippen molar-refractivity contribution in [2.75, 3.05) is 20.8 Å². The summed E-state index contributed by atoms with van der Waals surface area (Å²) in [6.07, 6.45) is 1.50. The van der Waals surface area contributed by atoms with Gasteiger partial charge in [-0.05, 0) is 70.3 Å². The van der Waals surface area contributed by atoms with Crippen molar-refractivity contribution in [3.63, 3.8) is 0 Å². The molecule has 0 atom stereocenters. The van der Waals surface area contributed by atoms with Gasteiger partial charge < -0.3 is 14.2 Å². The molecule has 1 aliphatic rings. The molecule has 0 saturated carbocycles. The summed E-state index contributed by atoms with van der Waals surface area (Å²) in [5, 5.41) is -0.559. The van der Waals surface area contributed by atoms with Crippen LogP contribution in [-0.2, 0) is 14.3 Å². The number of halogens is 1. The van der Waals surface area contributed by atoms with E-state index in [1.54, 1.807) is 30.3 Å². The fraction of sp³-hybridized carbons (Fsp3) is 0.143. The van der Waals surface area contributed by atoms with E-state index in [2.05, 4.69) is 4.74 Å². The van der Waals surface area contributed by atoms with Crippen molar-refractivity contribution < 1.29 is 33.4 Å². The number of imide groups is 1. The fourth-order valence-corrected chi connectivity index (χ4v) is 4.07. The molecule has 0 radical (unpaired) electrons. The van der Waals surface area contributed by atoms with Crippen molar-refractivity contribution in [1.29, 1.82) is 0 Å². The maximum Gasteiger partial charge on any atom is 0.344 e. The lowest BCUT2D eigenvalue weighted by Gasteiger charge is -2.11. The molecule has 8 nitrogen and oxygen atoms in total. The molecule has 0 spiro atoms. The Balaban J connectivity index is 1.81. The number of ether oxygens (including phenoxy) is 3. The van der Waals surface area contributed by atoms with Crippen LogP contribution >= 0.6 is 34.4 Å². The maximum absolute atomic E-state index is 12.5. The molecule has 10 heteroatoms. The number of nitrogens with zero attached hydrogens (tertiary/aromatic N) is 1. The Morgan fingerprint density at radius 1 is 1.10 bits per heavy atom. The van der Waals surface area contributed by atoms with Gasteiger partial charge in [0.2, 0.25) is 0 Å². The second kappa shape index (κ2) is 9.96. The molecule has 1 aliphatic heterocycles. The first kappa shape index (κ1) is 22.8. The third-order valence-corrected chi connectivity index (χ3v) is 6.02. The summed E-state index contributed by atoms with van der Waals surface area (Å²) in [5.41, 5.74) is 0.975. The molecule has 2 aromatic carbocycles. The molecule has 3 rings (SSSR count). The average molecular weight is 553 g/mol. The zero-order chi connectivity index (χ0) is 22.5. The summed E-state index contributed by atoms with van der Waals surface area (Å²) in [6.45, 7) is -0.449. The van der Waals surface area contributed by atoms with Gasteiger partial charge in [0.05, 0.1) is 24.7 Å². The Hall–Kier alpha value is -2.86. The van der Waals surface area contributed by atoms with Gasteiger partial charge in [-0.15, -0.1) is 0 Å². The molecule has 0 N–H and O–H groups in total. The Morgan fingerprint density at radius 3 is 2.52 bits per heavy atom. The predicted molar refractivity (Wildman–Crippen MR) is 122 cm³/mol. The van der Waals surface area contributed by atoms with E-state index in [1.807, 2.05) is 28.7 Å². The first-order chi connectivity index (χ1) is 14.8. The topological polar surface area (TPSA) is 99.2 Å². The summed E-state index contributed by atoms with van der Waals surface area (Å²) in [6, 6.07) is 11.8. The molecule has 1 fully saturated rings. The minimum atomic E-state index is -0.690. The van der Waals surface area contributed by atoms with Gasteiger partial charge in [-0.3, -0.25) is 19.3 Å². The van der Waals surface area contributed by atoms with Gasteiger partial charge in [0.1, 0.15) is 6.54 Å². The summed E-state index contributed by atoms with van der Waals surface area (Å²) in [5.74, 6) is -1.32. The normalized spacial score (nSPS) is 14.7. The van der Waals surface area contributed by atoms with Crippen molar-refractivity contribution >= 4 is 63.5 Å². The highest BCUT2D eigenvalue weighted by atomic mass is 127. The van der Waals surface area contributed by atoms with Crippen molar-refractivity contribution in [3.8, 4) is 11.5 Å². The maximum atomic E-state index is 12.5. The van der Waals surface area contributed by atoms with Crippen LogP contribution in [0.3, 0.4) is 0 Å². The average Bonchev–Trinajstić information content (AvgIpc) is 3.02. The van der Waals surface area contributed by atoms with Crippen LogP contribution in [-0.4, -0.2) is 48.7 Å². The third-order valence-electron chi connectivity index (χ3n) is 4.17. The van der Waals surface area contributed by atoms with E-state index in [9.17, 15) is 19.2 Å². The second-order valence-corrected chi connectivity index (χ2v) is 8.28. The zero-order valence-corrected chi connectivity index (χ0v) is 19.4. The van der Waals surface area contributed by atoms with Crippen LogP contribution in [0.1, 0.15) is 15.9 Å². The molecule has 31 heavy (non-hydrogen) atoms. The van der Waals surface area contributed by atoms with E-state index in [0.717, 1.165) is 20.2 Å². The highest BCUT2D eigenvalue weighted by molar-refractivity contribution is 14.1. The highest BCUT2D eigenvalue weighted by Crippen LogP contribution is 2.34. The number of hydrogen-bond acceptors (Lipinski definition) is 8. The largest absolute Gasteiger partial charge is 0.493 e. The predicted octanol–water partition coefficient (Wildman–Crippen LogP) is 3.73. The lowest BCUT2D eigenvalue weighted by atomic mass is 10.1. The SMILES string of the molecule is COC(=O)CN1C(=O)S/C(=C\c2ccc(OC(=O)c3ccccc3I)c(OC)c2)C1=O. The summed E-state index contributed by atoms with van der Waals surface area (Å²) in [7, 11) is 2.60. The molecular formula is C21H16INO7S. The van der Waals surface area contributed by atoms with Crippen LogP contribution in [0.15, 0.2) is 47.4 Å². The number of carbonyl (C=O) groups excluding carboxylic acids is 4. The smallest absolute Gasteiger partial charge is 0.344 e. The first-order valence-corrected chi connectivity index (χ1v) is 10.7. The van der Waals surface area contributed by atoms with Gasteiger partial charge in [0.25, 0.3) is 11.1 Å². The molecule has 0 unspecified atom stereocenters. The monoisotopic (exact) mass is 553 g/mol. The van der Waals surface area contributed by atoms with Gasteiger partial charge in [0.15, 0.2) is 11.5 Å². The van der Waals surface area contributed by atoms with Crippen LogP contribution < -0.4 is 9.47 Å².